The van der Waals surface area contributed by atoms with Gasteiger partial charge < -0.3 is 15.3 Å². The number of aromatic nitrogens is 1. The van der Waals surface area contributed by atoms with E-state index in [0.29, 0.717) is 17.8 Å². The number of phenolic OH excluding ortho intramolecular Hbond substituents is 1. The highest BCUT2D eigenvalue weighted by atomic mass is 16.3. The number of pyridine rings is 1. The third kappa shape index (κ3) is 2.95. The lowest BCUT2D eigenvalue weighted by Crippen LogP contribution is -2.40. The molecule has 2 N–H and O–H groups in total. The van der Waals surface area contributed by atoms with Crippen LogP contribution in [0.1, 0.15) is 26.7 Å². The maximum atomic E-state index is 9.78. The Balaban J connectivity index is 1.93. The lowest BCUT2D eigenvalue weighted by Gasteiger charge is -2.28. The lowest BCUT2D eigenvalue weighted by atomic mass is 10.1. The van der Waals surface area contributed by atoms with Crippen LogP contribution < -0.4 is 10.2 Å². The predicted molar refractivity (Wildman–Crippen MR) is 86.9 cm³/mol. The van der Waals surface area contributed by atoms with Crippen molar-refractivity contribution in [2.45, 2.75) is 38.8 Å². The molecule has 1 saturated heterocycles. The number of benzene rings is 1. The van der Waals surface area contributed by atoms with Gasteiger partial charge in [0.15, 0.2) is 0 Å². The van der Waals surface area contributed by atoms with Crippen LogP contribution in [0.15, 0.2) is 30.5 Å². The number of hydrogen-bond donors (Lipinski definition) is 2. The standard InChI is InChI=1S/C17H23N3O/c1-12(2)19-11-14-4-3-9-20(14)17-16-10-15(21)6-5-13(16)7-8-18-17/h5-8,10,12,14,19,21H,3-4,9,11H2,1-2H3. The van der Waals surface area contributed by atoms with Gasteiger partial charge in [0, 0.05) is 36.8 Å². The maximum Gasteiger partial charge on any atom is 0.136 e. The van der Waals surface area contributed by atoms with Gasteiger partial charge in [-0.25, -0.2) is 4.98 Å². The molecule has 1 aromatic heterocycles. The summed E-state index contributed by atoms with van der Waals surface area (Å²) < 4.78 is 0. The molecule has 1 aliphatic rings. The van der Waals surface area contributed by atoms with Gasteiger partial charge in [-0.3, -0.25) is 0 Å². The Morgan fingerprint density at radius 1 is 1.38 bits per heavy atom. The van der Waals surface area contributed by atoms with Crippen molar-refractivity contribution in [3.05, 3.63) is 30.5 Å². The van der Waals surface area contributed by atoms with E-state index in [1.807, 2.05) is 24.4 Å². The molecule has 1 aromatic carbocycles. The molecule has 0 bridgehead atoms. The molecule has 1 unspecified atom stereocenters. The van der Waals surface area contributed by atoms with Crippen LogP contribution in [0.5, 0.6) is 5.75 Å². The van der Waals surface area contributed by atoms with Crippen molar-refractivity contribution in [3.8, 4) is 5.75 Å². The number of nitrogens with zero attached hydrogens (tertiary/aromatic N) is 2. The van der Waals surface area contributed by atoms with Crippen LogP contribution in [0.2, 0.25) is 0 Å². The van der Waals surface area contributed by atoms with Crippen molar-refractivity contribution in [3.63, 3.8) is 0 Å². The van der Waals surface area contributed by atoms with Crippen LogP contribution in [0, 0.1) is 0 Å². The molecule has 0 radical (unpaired) electrons. The van der Waals surface area contributed by atoms with E-state index in [0.717, 1.165) is 29.7 Å². The molecule has 4 nitrogen and oxygen atoms in total. The minimum atomic E-state index is 0.299. The highest BCUT2D eigenvalue weighted by Crippen LogP contribution is 2.32. The maximum absolute atomic E-state index is 9.78. The smallest absolute Gasteiger partial charge is 0.136 e. The molecule has 1 atom stereocenters. The van der Waals surface area contributed by atoms with E-state index in [4.69, 9.17) is 0 Å². The summed E-state index contributed by atoms with van der Waals surface area (Å²) in [7, 11) is 0. The second-order valence-corrected chi connectivity index (χ2v) is 6.09. The van der Waals surface area contributed by atoms with Gasteiger partial charge in [-0.15, -0.1) is 0 Å². The summed E-state index contributed by atoms with van der Waals surface area (Å²) in [6.07, 6.45) is 4.25. The number of rotatable bonds is 4. The Kier molecular flexibility index (Phi) is 3.97. The molecule has 4 heteroatoms. The molecule has 3 rings (SSSR count). The first-order valence-corrected chi connectivity index (χ1v) is 7.73. The van der Waals surface area contributed by atoms with Gasteiger partial charge in [0.1, 0.15) is 11.6 Å². The molecule has 0 spiro atoms. The van der Waals surface area contributed by atoms with Crippen molar-refractivity contribution in [2.75, 3.05) is 18.0 Å². The fraction of sp³-hybridized carbons (Fsp3) is 0.471. The summed E-state index contributed by atoms with van der Waals surface area (Å²) in [5.41, 5.74) is 0. The second kappa shape index (κ2) is 5.90. The van der Waals surface area contributed by atoms with E-state index < -0.39 is 0 Å². The highest BCUT2D eigenvalue weighted by molar-refractivity contribution is 5.93. The monoisotopic (exact) mass is 285 g/mol. The van der Waals surface area contributed by atoms with E-state index in [-0.39, 0.29) is 0 Å². The molecule has 1 aliphatic heterocycles. The van der Waals surface area contributed by atoms with Crippen molar-refractivity contribution in [1.29, 1.82) is 0 Å². The number of anilines is 1. The fourth-order valence-electron chi connectivity index (χ4n) is 3.07. The van der Waals surface area contributed by atoms with E-state index in [1.54, 1.807) is 6.07 Å². The fourth-order valence-corrected chi connectivity index (χ4v) is 3.07. The van der Waals surface area contributed by atoms with Crippen LogP contribution in [0.4, 0.5) is 5.82 Å². The minimum Gasteiger partial charge on any atom is -0.508 e. The molecule has 112 valence electrons. The Labute approximate surface area is 125 Å². The van der Waals surface area contributed by atoms with Crippen LogP contribution in [-0.2, 0) is 0 Å². The Bertz CT molecular complexity index is 626. The van der Waals surface area contributed by atoms with Crippen LogP contribution in [0.3, 0.4) is 0 Å². The quantitative estimate of drug-likeness (QED) is 0.907. The van der Waals surface area contributed by atoms with Gasteiger partial charge in [-0.2, -0.15) is 0 Å². The first kappa shape index (κ1) is 14.1. The van der Waals surface area contributed by atoms with Gasteiger partial charge in [0.2, 0.25) is 0 Å². The highest BCUT2D eigenvalue weighted by Gasteiger charge is 2.26. The number of phenols is 1. The average molecular weight is 285 g/mol. The van der Waals surface area contributed by atoms with Gasteiger partial charge in [0.25, 0.3) is 0 Å². The number of fused-ring (bicyclic) bond motifs is 1. The molecule has 2 aromatic rings. The molecular weight excluding hydrogens is 262 g/mol. The summed E-state index contributed by atoms with van der Waals surface area (Å²) in [6, 6.07) is 8.48. The average Bonchev–Trinajstić information content (AvgIpc) is 2.92. The third-order valence-corrected chi connectivity index (χ3v) is 4.14. The van der Waals surface area contributed by atoms with Crippen molar-refractivity contribution < 1.29 is 5.11 Å². The lowest BCUT2D eigenvalue weighted by molar-refractivity contribution is 0.476. The van der Waals surface area contributed by atoms with Gasteiger partial charge in [-0.05, 0) is 36.4 Å². The SMILES string of the molecule is CC(C)NCC1CCCN1c1nccc2ccc(O)cc12. The normalized spacial score (nSPS) is 18.8. The predicted octanol–water partition coefficient (Wildman–Crippen LogP) is 2.91. The zero-order chi connectivity index (χ0) is 14.8. The van der Waals surface area contributed by atoms with Gasteiger partial charge in [0.05, 0.1) is 0 Å². The molecule has 2 heterocycles. The van der Waals surface area contributed by atoms with Crippen molar-refractivity contribution in [1.82, 2.24) is 10.3 Å². The Hall–Kier alpha value is -1.81. The summed E-state index contributed by atoms with van der Waals surface area (Å²) in [5, 5.41) is 15.5. The van der Waals surface area contributed by atoms with Crippen LogP contribution in [-0.4, -0.2) is 35.3 Å². The summed E-state index contributed by atoms with van der Waals surface area (Å²) in [6.45, 7) is 6.36. The molecule has 1 fully saturated rings. The molecule has 21 heavy (non-hydrogen) atoms. The van der Waals surface area contributed by atoms with Crippen molar-refractivity contribution >= 4 is 16.6 Å². The molecular formula is C17H23N3O. The molecule has 0 amide bonds. The number of aromatic hydroxyl groups is 1. The van der Waals surface area contributed by atoms with Gasteiger partial charge in [-0.1, -0.05) is 19.9 Å². The molecule has 0 aliphatic carbocycles. The van der Waals surface area contributed by atoms with E-state index in [9.17, 15) is 5.11 Å². The van der Waals surface area contributed by atoms with Crippen LogP contribution >= 0.6 is 0 Å². The zero-order valence-electron chi connectivity index (χ0n) is 12.7. The summed E-state index contributed by atoms with van der Waals surface area (Å²) >= 11 is 0. The molecule has 0 saturated carbocycles. The largest absolute Gasteiger partial charge is 0.508 e. The third-order valence-electron chi connectivity index (χ3n) is 4.14. The second-order valence-electron chi connectivity index (χ2n) is 6.09. The first-order chi connectivity index (χ1) is 10.1. The van der Waals surface area contributed by atoms with Crippen molar-refractivity contribution in [2.24, 2.45) is 0 Å². The minimum absolute atomic E-state index is 0.299. The van der Waals surface area contributed by atoms with Crippen LogP contribution in [0.25, 0.3) is 10.8 Å². The zero-order valence-corrected chi connectivity index (χ0v) is 12.7. The topological polar surface area (TPSA) is 48.4 Å². The van der Waals surface area contributed by atoms with Gasteiger partial charge >= 0.3 is 0 Å². The summed E-state index contributed by atoms with van der Waals surface area (Å²) in [5.74, 6) is 1.30. The van der Waals surface area contributed by atoms with E-state index >= 15 is 0 Å². The Morgan fingerprint density at radius 2 is 2.24 bits per heavy atom. The Morgan fingerprint density at radius 3 is 3.05 bits per heavy atom. The number of hydrogen-bond acceptors (Lipinski definition) is 4. The first-order valence-electron chi connectivity index (χ1n) is 7.73. The van der Waals surface area contributed by atoms with E-state index in [1.165, 1.54) is 12.8 Å². The number of nitrogens with one attached hydrogen (secondary N) is 1. The van der Waals surface area contributed by atoms with E-state index in [2.05, 4.69) is 29.0 Å². The summed E-state index contributed by atoms with van der Waals surface area (Å²) in [4.78, 5) is 6.98.